The largest absolute Gasteiger partial charge is 0.291 e. The smallest absolute Gasteiger partial charge is 0.204 e. The highest BCUT2D eigenvalue weighted by molar-refractivity contribution is 6.47. The molecule has 0 unspecified atom stereocenters. The van der Waals surface area contributed by atoms with Gasteiger partial charge in [-0.05, 0) is 18.2 Å². The summed E-state index contributed by atoms with van der Waals surface area (Å²) >= 11 is 11.6. The van der Waals surface area contributed by atoms with Crippen molar-refractivity contribution in [2.45, 2.75) is 20.8 Å². The van der Waals surface area contributed by atoms with Crippen molar-refractivity contribution in [2.24, 2.45) is 10.5 Å². The van der Waals surface area contributed by atoms with Crippen molar-refractivity contribution in [3.8, 4) is 6.07 Å². The molecule has 0 aliphatic rings. The van der Waals surface area contributed by atoms with E-state index < -0.39 is 5.41 Å². The highest BCUT2D eigenvalue weighted by atomic mass is 35.5. The van der Waals surface area contributed by atoms with E-state index in [1.807, 2.05) is 0 Å². The van der Waals surface area contributed by atoms with Crippen LogP contribution >= 0.6 is 23.2 Å². The summed E-state index contributed by atoms with van der Waals surface area (Å²) in [6.07, 6.45) is 0. The van der Waals surface area contributed by atoms with Crippen LogP contribution in [-0.2, 0) is 4.79 Å². The molecular weight excluding hydrogens is 285 g/mol. The van der Waals surface area contributed by atoms with E-state index in [4.69, 9.17) is 28.5 Å². The maximum atomic E-state index is 11.9. The minimum Gasteiger partial charge on any atom is -0.291 e. The number of hydrazone groups is 1. The molecule has 0 atom stereocenters. The van der Waals surface area contributed by atoms with Crippen LogP contribution in [0.2, 0.25) is 10.0 Å². The number of rotatable bonds is 3. The van der Waals surface area contributed by atoms with Crippen LogP contribution in [0, 0.1) is 16.7 Å². The molecule has 0 saturated carbocycles. The van der Waals surface area contributed by atoms with Gasteiger partial charge in [0, 0.05) is 5.41 Å². The number of hydrogen-bond acceptors (Lipinski definition) is 4. The number of nitriles is 1. The van der Waals surface area contributed by atoms with Crippen molar-refractivity contribution in [3.05, 3.63) is 28.2 Å². The maximum Gasteiger partial charge on any atom is 0.204 e. The highest BCUT2D eigenvalue weighted by Crippen LogP contribution is 2.25. The summed E-state index contributed by atoms with van der Waals surface area (Å²) in [7, 11) is 0. The number of ketones is 1. The van der Waals surface area contributed by atoms with Gasteiger partial charge in [0.15, 0.2) is 5.78 Å². The second-order valence-electron chi connectivity index (χ2n) is 4.89. The fourth-order valence-corrected chi connectivity index (χ4v) is 1.47. The third-order valence-electron chi connectivity index (χ3n) is 2.22. The zero-order valence-electron chi connectivity index (χ0n) is 10.8. The minimum absolute atomic E-state index is 0.182. The quantitative estimate of drug-likeness (QED) is 0.680. The fraction of sp³-hybridized carbons (Fsp3) is 0.308. The normalized spacial score (nSPS) is 11.9. The lowest BCUT2D eigenvalue weighted by molar-refractivity contribution is -0.119. The van der Waals surface area contributed by atoms with Gasteiger partial charge in [0.1, 0.15) is 6.07 Å². The molecule has 0 fully saturated rings. The number of hydrogen-bond donors (Lipinski definition) is 1. The Kier molecular flexibility index (Phi) is 4.93. The number of halogens is 2. The van der Waals surface area contributed by atoms with E-state index in [0.717, 1.165) is 0 Å². The highest BCUT2D eigenvalue weighted by Gasteiger charge is 2.26. The molecule has 1 aromatic rings. The van der Waals surface area contributed by atoms with Gasteiger partial charge >= 0.3 is 0 Å². The van der Waals surface area contributed by atoms with E-state index in [0.29, 0.717) is 15.7 Å². The van der Waals surface area contributed by atoms with E-state index in [1.165, 1.54) is 0 Å². The van der Waals surface area contributed by atoms with Crippen molar-refractivity contribution in [2.75, 3.05) is 5.43 Å². The van der Waals surface area contributed by atoms with E-state index in [-0.39, 0.29) is 11.5 Å². The first-order chi connectivity index (χ1) is 8.75. The molecule has 1 aromatic carbocycles. The van der Waals surface area contributed by atoms with Crippen molar-refractivity contribution in [3.63, 3.8) is 0 Å². The summed E-state index contributed by atoms with van der Waals surface area (Å²) in [4.78, 5) is 11.9. The minimum atomic E-state index is -0.659. The van der Waals surface area contributed by atoms with Crippen molar-refractivity contribution in [1.29, 1.82) is 5.26 Å². The molecule has 6 heteroatoms. The average Bonchev–Trinajstić information content (AvgIpc) is 2.33. The second kappa shape index (κ2) is 6.05. The second-order valence-corrected chi connectivity index (χ2v) is 5.71. The van der Waals surface area contributed by atoms with Crippen molar-refractivity contribution >= 4 is 40.4 Å². The van der Waals surface area contributed by atoms with E-state index in [1.54, 1.807) is 45.0 Å². The number of anilines is 1. The molecule has 4 nitrogen and oxygen atoms in total. The van der Waals surface area contributed by atoms with Gasteiger partial charge in [-0.1, -0.05) is 44.0 Å². The van der Waals surface area contributed by atoms with Gasteiger partial charge in [0.2, 0.25) is 5.71 Å². The Morgan fingerprint density at radius 2 is 1.95 bits per heavy atom. The predicted octanol–water partition coefficient (Wildman–Crippen LogP) is 3.90. The van der Waals surface area contributed by atoms with E-state index in [9.17, 15) is 4.79 Å². The monoisotopic (exact) mass is 297 g/mol. The van der Waals surface area contributed by atoms with Crippen LogP contribution in [0.4, 0.5) is 5.69 Å². The molecule has 100 valence electrons. The van der Waals surface area contributed by atoms with Crippen LogP contribution < -0.4 is 5.43 Å². The number of nitrogens with zero attached hydrogens (tertiary/aromatic N) is 2. The lowest BCUT2D eigenvalue weighted by atomic mass is 9.88. The summed E-state index contributed by atoms with van der Waals surface area (Å²) in [5.74, 6) is -0.331. The number of nitrogens with one attached hydrogen (secondary N) is 1. The summed E-state index contributed by atoms with van der Waals surface area (Å²) in [6, 6.07) is 6.59. The summed E-state index contributed by atoms with van der Waals surface area (Å²) in [5, 5.41) is 13.5. The van der Waals surface area contributed by atoms with Crippen LogP contribution in [0.5, 0.6) is 0 Å². The fourth-order valence-electron chi connectivity index (χ4n) is 1.17. The van der Waals surface area contributed by atoms with Crippen molar-refractivity contribution in [1.82, 2.24) is 0 Å². The zero-order chi connectivity index (χ0) is 14.6. The Hall–Kier alpha value is -1.57. The molecule has 19 heavy (non-hydrogen) atoms. The maximum absolute atomic E-state index is 11.9. The van der Waals surface area contributed by atoms with Crippen LogP contribution in [0.25, 0.3) is 0 Å². The summed E-state index contributed by atoms with van der Waals surface area (Å²) in [5.41, 5.74) is 2.32. The van der Waals surface area contributed by atoms with Crippen LogP contribution in [0.15, 0.2) is 23.3 Å². The number of carbonyl (C=O) groups is 1. The topological polar surface area (TPSA) is 65.2 Å². The Balaban J connectivity index is 2.93. The predicted molar refractivity (Wildman–Crippen MR) is 77.6 cm³/mol. The zero-order valence-corrected chi connectivity index (χ0v) is 12.3. The molecule has 0 radical (unpaired) electrons. The summed E-state index contributed by atoms with van der Waals surface area (Å²) in [6.45, 7) is 5.17. The van der Waals surface area contributed by atoms with Gasteiger partial charge in [-0.2, -0.15) is 10.4 Å². The molecule has 0 aliphatic heterocycles. The molecule has 0 saturated heterocycles. The first-order valence-electron chi connectivity index (χ1n) is 5.49. The van der Waals surface area contributed by atoms with Gasteiger partial charge in [-0.15, -0.1) is 0 Å². The molecule has 0 spiro atoms. The molecule has 0 amide bonds. The molecule has 0 bridgehead atoms. The molecular formula is C13H13Cl2N3O. The van der Waals surface area contributed by atoms with Gasteiger partial charge in [0.25, 0.3) is 0 Å². The molecule has 0 heterocycles. The molecule has 1 N–H and O–H groups in total. The van der Waals surface area contributed by atoms with Crippen molar-refractivity contribution < 1.29 is 4.79 Å². The van der Waals surface area contributed by atoms with Crippen LogP contribution in [0.3, 0.4) is 0 Å². The Morgan fingerprint density at radius 1 is 1.32 bits per heavy atom. The third-order valence-corrected chi connectivity index (χ3v) is 2.96. The van der Waals surface area contributed by atoms with Gasteiger partial charge in [-0.3, -0.25) is 10.2 Å². The molecule has 0 aromatic heterocycles. The number of Topliss-reactive ketones (excluding diaryl/α,β-unsaturated/α-hetero) is 1. The van der Waals surface area contributed by atoms with Crippen LogP contribution in [-0.4, -0.2) is 11.5 Å². The first-order valence-corrected chi connectivity index (χ1v) is 6.25. The standard InChI is InChI=1S/C13H13Cl2N3O/c1-13(2,3)12(19)11(7-16)18-17-8-4-5-9(14)10(15)6-8/h4-6,17H,1-3H3/b18-11+. The van der Waals surface area contributed by atoms with Crippen LogP contribution in [0.1, 0.15) is 20.8 Å². The van der Waals surface area contributed by atoms with Gasteiger partial charge in [-0.25, -0.2) is 0 Å². The summed E-state index contributed by atoms with van der Waals surface area (Å²) < 4.78 is 0. The number of carbonyl (C=O) groups excluding carboxylic acids is 1. The molecule has 1 rings (SSSR count). The van der Waals surface area contributed by atoms with Gasteiger partial charge in [0.05, 0.1) is 15.7 Å². The Labute approximate surface area is 122 Å². The first kappa shape index (κ1) is 15.5. The van der Waals surface area contributed by atoms with Gasteiger partial charge < -0.3 is 0 Å². The van der Waals surface area contributed by atoms with E-state index >= 15 is 0 Å². The Bertz CT molecular complexity index is 568. The SMILES string of the molecule is CC(C)(C)C(=O)/C(C#N)=N/Nc1ccc(Cl)c(Cl)c1. The number of benzene rings is 1. The lowest BCUT2D eigenvalue weighted by Crippen LogP contribution is -2.28. The lowest BCUT2D eigenvalue weighted by Gasteiger charge is -2.14. The van der Waals surface area contributed by atoms with E-state index in [2.05, 4.69) is 10.5 Å². The third kappa shape index (κ3) is 4.23. The molecule has 0 aliphatic carbocycles. The Morgan fingerprint density at radius 3 is 2.42 bits per heavy atom. The average molecular weight is 298 g/mol.